The average Bonchev–Trinajstić information content (AvgIpc) is 4.00. The molecule has 0 fully saturated rings. The molecule has 1 spiro atoms. The van der Waals surface area contributed by atoms with Crippen LogP contribution in [0.3, 0.4) is 0 Å². The molecule has 0 amide bonds. The van der Waals surface area contributed by atoms with Gasteiger partial charge in [-0.1, -0.05) is 224 Å². The molecule has 0 radical (unpaired) electrons. The lowest BCUT2D eigenvalue weighted by molar-refractivity contribution is 0.775. The van der Waals surface area contributed by atoms with Crippen molar-refractivity contribution in [3.8, 4) is 44.5 Å². The number of nitrogens with zero attached hydrogens (tertiary/aromatic N) is 1. The van der Waals surface area contributed by atoms with Crippen LogP contribution in [0.1, 0.15) is 44.5 Å². The molecular formula is C66H43N. The molecule has 0 aromatic heterocycles. The first-order valence-corrected chi connectivity index (χ1v) is 23.4. The van der Waals surface area contributed by atoms with Gasteiger partial charge >= 0.3 is 0 Å². The number of rotatable bonds is 6. The summed E-state index contributed by atoms with van der Waals surface area (Å²) in [7, 11) is 0. The van der Waals surface area contributed by atoms with Gasteiger partial charge in [-0.3, -0.25) is 0 Å². The molecule has 67 heavy (non-hydrogen) atoms. The second kappa shape index (κ2) is 14.5. The van der Waals surface area contributed by atoms with Gasteiger partial charge in [0.05, 0.1) is 16.5 Å². The molecule has 11 aromatic rings. The van der Waals surface area contributed by atoms with Gasteiger partial charge < -0.3 is 4.90 Å². The van der Waals surface area contributed by atoms with E-state index in [2.05, 4.69) is 266 Å². The molecule has 0 aliphatic heterocycles. The Morgan fingerprint density at radius 3 is 1.30 bits per heavy atom. The smallest absolute Gasteiger partial charge is 0.0726 e. The molecule has 0 saturated heterocycles. The van der Waals surface area contributed by atoms with Crippen molar-refractivity contribution in [2.24, 2.45) is 0 Å². The number of fused-ring (bicyclic) bond motifs is 15. The van der Waals surface area contributed by atoms with Crippen LogP contribution in [0.15, 0.2) is 261 Å². The van der Waals surface area contributed by atoms with E-state index < -0.39 is 10.8 Å². The van der Waals surface area contributed by atoms with Crippen LogP contribution in [0.4, 0.5) is 17.1 Å². The maximum absolute atomic E-state index is 2.52. The van der Waals surface area contributed by atoms with Gasteiger partial charge in [0.25, 0.3) is 0 Å². The Morgan fingerprint density at radius 2 is 0.701 bits per heavy atom. The summed E-state index contributed by atoms with van der Waals surface area (Å²) < 4.78 is 0. The summed E-state index contributed by atoms with van der Waals surface area (Å²) >= 11 is 0. The van der Waals surface area contributed by atoms with Crippen molar-refractivity contribution in [3.05, 3.63) is 305 Å². The van der Waals surface area contributed by atoms with Gasteiger partial charge in [-0.25, -0.2) is 0 Å². The fraction of sp³-hybridized carbons (Fsp3) is 0.0303. The SMILES string of the molecule is c1ccc(-c2ccc3c(c2)C(c2ccccc2)(c2ccccc2)c2c-3cc(N(c3ccccc3)c3ccc4c(c3)C3(c5ccccc5-c5ccccc53)c3ccccc3-4)c3ccccc23)cc1. The van der Waals surface area contributed by atoms with Gasteiger partial charge in [0.1, 0.15) is 0 Å². The van der Waals surface area contributed by atoms with Crippen LogP contribution in [0.5, 0.6) is 0 Å². The zero-order valence-electron chi connectivity index (χ0n) is 36.8. The van der Waals surface area contributed by atoms with Crippen molar-refractivity contribution in [2.75, 3.05) is 4.90 Å². The van der Waals surface area contributed by atoms with E-state index in [9.17, 15) is 0 Å². The molecule has 11 aromatic carbocycles. The molecule has 1 heteroatoms. The van der Waals surface area contributed by atoms with Crippen LogP contribution in [0.2, 0.25) is 0 Å². The highest BCUT2D eigenvalue weighted by molar-refractivity contribution is 6.09. The van der Waals surface area contributed by atoms with E-state index in [-0.39, 0.29) is 0 Å². The van der Waals surface area contributed by atoms with Gasteiger partial charge in [-0.05, 0) is 131 Å². The number of anilines is 3. The highest BCUT2D eigenvalue weighted by Crippen LogP contribution is 2.64. The maximum Gasteiger partial charge on any atom is 0.0726 e. The fourth-order valence-corrected chi connectivity index (χ4v) is 12.6. The number of hydrogen-bond donors (Lipinski definition) is 0. The number of benzene rings is 11. The van der Waals surface area contributed by atoms with Crippen LogP contribution in [0.25, 0.3) is 55.3 Å². The molecule has 0 bridgehead atoms. The Hall–Kier alpha value is -8.52. The summed E-state index contributed by atoms with van der Waals surface area (Å²) in [6.07, 6.45) is 0. The van der Waals surface area contributed by atoms with E-state index >= 15 is 0 Å². The molecule has 1 nitrogen and oxygen atoms in total. The summed E-state index contributed by atoms with van der Waals surface area (Å²) in [4.78, 5) is 2.52. The maximum atomic E-state index is 2.52. The number of hydrogen-bond acceptors (Lipinski definition) is 1. The molecule has 14 rings (SSSR count). The minimum atomic E-state index is -0.595. The Labute approximate surface area is 391 Å². The second-order valence-electron chi connectivity index (χ2n) is 18.3. The summed E-state index contributed by atoms with van der Waals surface area (Å²) in [6, 6.07) is 97.6. The Balaban J connectivity index is 1.08. The zero-order chi connectivity index (χ0) is 44.1. The van der Waals surface area contributed by atoms with Gasteiger partial charge in [-0.2, -0.15) is 0 Å². The monoisotopic (exact) mass is 849 g/mol. The fourth-order valence-electron chi connectivity index (χ4n) is 12.6. The van der Waals surface area contributed by atoms with Crippen LogP contribution in [-0.2, 0) is 10.8 Å². The molecule has 3 aliphatic carbocycles. The molecule has 0 unspecified atom stereocenters. The highest BCUT2D eigenvalue weighted by atomic mass is 15.1. The van der Waals surface area contributed by atoms with E-state index in [0.717, 1.165) is 17.1 Å². The van der Waals surface area contributed by atoms with Crippen molar-refractivity contribution in [2.45, 2.75) is 10.8 Å². The van der Waals surface area contributed by atoms with E-state index in [1.165, 1.54) is 99.8 Å². The first-order valence-electron chi connectivity index (χ1n) is 23.4. The third kappa shape index (κ3) is 5.14. The second-order valence-corrected chi connectivity index (χ2v) is 18.3. The van der Waals surface area contributed by atoms with Crippen LogP contribution >= 0.6 is 0 Å². The molecule has 3 aliphatic rings. The topological polar surface area (TPSA) is 3.24 Å². The highest BCUT2D eigenvalue weighted by Gasteiger charge is 2.52. The van der Waals surface area contributed by atoms with Crippen LogP contribution in [0, 0.1) is 0 Å². The normalized spacial score (nSPS) is 13.9. The summed E-state index contributed by atoms with van der Waals surface area (Å²) in [5.74, 6) is 0. The van der Waals surface area contributed by atoms with Gasteiger partial charge in [0, 0.05) is 16.8 Å². The standard InChI is InChI=1S/C66H43N/c1-5-21-44(22-6-1)45-37-39-54-57-43-63(55-32-13-14-33-56(55)64(57)65(61(54)41-45,46-23-7-2-8-24-46)47-25-9-3-10-26-47)67(48-27-11-4-12-28-48)49-38-40-53-52-31-17-20-36-60(52)66(62(53)42-49)58-34-18-15-29-50(58)51-30-16-19-35-59(51)66/h1-43H. The first kappa shape index (κ1) is 37.8. The minimum absolute atomic E-state index is 0.460. The largest absolute Gasteiger partial charge is 0.310 e. The minimum Gasteiger partial charge on any atom is -0.310 e. The predicted octanol–water partition coefficient (Wildman–Crippen LogP) is 16.7. The van der Waals surface area contributed by atoms with E-state index in [0.29, 0.717) is 0 Å². The molecule has 0 N–H and O–H groups in total. The molecule has 0 saturated carbocycles. The van der Waals surface area contributed by atoms with Crippen molar-refractivity contribution in [3.63, 3.8) is 0 Å². The Kier molecular flexibility index (Phi) is 8.18. The van der Waals surface area contributed by atoms with Crippen molar-refractivity contribution >= 4 is 27.8 Å². The molecule has 312 valence electrons. The summed E-state index contributed by atoms with van der Waals surface area (Å²) in [5.41, 5.74) is 22.9. The summed E-state index contributed by atoms with van der Waals surface area (Å²) in [5, 5.41) is 2.44. The van der Waals surface area contributed by atoms with Crippen molar-refractivity contribution in [1.82, 2.24) is 0 Å². The molecular weight excluding hydrogens is 807 g/mol. The quantitative estimate of drug-likeness (QED) is 0.161. The lowest BCUT2D eigenvalue weighted by atomic mass is 9.66. The van der Waals surface area contributed by atoms with Gasteiger partial charge in [0.2, 0.25) is 0 Å². The lowest BCUT2D eigenvalue weighted by Gasteiger charge is -2.36. The van der Waals surface area contributed by atoms with Crippen LogP contribution < -0.4 is 4.90 Å². The third-order valence-electron chi connectivity index (χ3n) is 15.1. The molecule has 0 atom stereocenters. The predicted molar refractivity (Wildman–Crippen MR) is 278 cm³/mol. The van der Waals surface area contributed by atoms with E-state index in [4.69, 9.17) is 0 Å². The Morgan fingerprint density at radius 1 is 0.254 bits per heavy atom. The van der Waals surface area contributed by atoms with Gasteiger partial charge in [-0.15, -0.1) is 0 Å². The molecule has 0 heterocycles. The van der Waals surface area contributed by atoms with Gasteiger partial charge in [0.15, 0.2) is 0 Å². The average molecular weight is 850 g/mol. The zero-order valence-corrected chi connectivity index (χ0v) is 36.8. The van der Waals surface area contributed by atoms with E-state index in [1.54, 1.807) is 0 Å². The number of para-hydroxylation sites is 1. The lowest BCUT2D eigenvalue weighted by Crippen LogP contribution is -2.29. The summed E-state index contributed by atoms with van der Waals surface area (Å²) in [6.45, 7) is 0. The third-order valence-corrected chi connectivity index (χ3v) is 15.1. The van der Waals surface area contributed by atoms with Crippen molar-refractivity contribution in [1.29, 1.82) is 0 Å². The Bertz CT molecular complexity index is 3640. The van der Waals surface area contributed by atoms with Crippen molar-refractivity contribution < 1.29 is 0 Å². The first-order chi connectivity index (χ1) is 33.3. The van der Waals surface area contributed by atoms with E-state index in [1.807, 2.05) is 0 Å². The van der Waals surface area contributed by atoms with Crippen LogP contribution in [-0.4, -0.2) is 0 Å².